The molecule has 2 aliphatic carbocycles. The molecule has 2 saturated carbocycles. The fourth-order valence-corrected chi connectivity index (χ4v) is 3.71. The first-order valence-electron chi connectivity index (χ1n) is 7.12. The molecular formula is C15H20N2O2. The number of carboxylic acid groups (broad SMARTS) is 1. The van der Waals surface area contributed by atoms with Gasteiger partial charge in [0.1, 0.15) is 5.69 Å². The molecule has 102 valence electrons. The van der Waals surface area contributed by atoms with Crippen LogP contribution in [0.25, 0.3) is 0 Å². The van der Waals surface area contributed by atoms with E-state index in [4.69, 9.17) is 5.11 Å². The monoisotopic (exact) mass is 260 g/mol. The summed E-state index contributed by atoms with van der Waals surface area (Å²) in [5, 5.41) is 12.3. The molecule has 0 radical (unpaired) electrons. The molecule has 2 N–H and O–H groups in total. The molecule has 3 rings (SSSR count). The Labute approximate surface area is 113 Å². The fraction of sp³-hybridized carbons (Fsp3) is 0.600. The van der Waals surface area contributed by atoms with E-state index < -0.39 is 5.97 Å². The van der Waals surface area contributed by atoms with E-state index in [9.17, 15) is 4.79 Å². The summed E-state index contributed by atoms with van der Waals surface area (Å²) < 4.78 is 0. The van der Waals surface area contributed by atoms with E-state index >= 15 is 0 Å². The molecular weight excluding hydrogens is 240 g/mol. The number of carboxylic acids is 1. The largest absolute Gasteiger partial charge is 0.477 e. The Morgan fingerprint density at radius 1 is 1.37 bits per heavy atom. The van der Waals surface area contributed by atoms with Crippen LogP contribution in [-0.2, 0) is 6.54 Å². The Bertz CT molecular complexity index is 475. The molecule has 0 saturated heterocycles. The summed E-state index contributed by atoms with van der Waals surface area (Å²) in [5.41, 5.74) is 0.933. The van der Waals surface area contributed by atoms with Gasteiger partial charge in [0, 0.05) is 6.54 Å². The first-order chi connectivity index (χ1) is 9.22. The van der Waals surface area contributed by atoms with Gasteiger partial charge in [-0.3, -0.25) is 0 Å². The molecule has 19 heavy (non-hydrogen) atoms. The van der Waals surface area contributed by atoms with E-state index in [1.807, 2.05) is 6.07 Å². The number of nitrogens with zero attached hydrogens (tertiary/aromatic N) is 1. The van der Waals surface area contributed by atoms with Crippen LogP contribution < -0.4 is 5.32 Å². The second kappa shape index (κ2) is 5.29. The molecule has 1 aromatic heterocycles. The summed E-state index contributed by atoms with van der Waals surface area (Å²) in [4.78, 5) is 15.0. The van der Waals surface area contributed by atoms with E-state index in [1.165, 1.54) is 31.7 Å². The van der Waals surface area contributed by atoms with Crippen molar-refractivity contribution in [1.29, 1.82) is 0 Å². The quantitative estimate of drug-likeness (QED) is 0.852. The summed E-state index contributed by atoms with van der Waals surface area (Å²) in [6, 6.07) is 5.16. The van der Waals surface area contributed by atoms with E-state index in [0.29, 0.717) is 6.54 Å². The number of rotatable bonds is 5. The summed E-state index contributed by atoms with van der Waals surface area (Å²) in [6.07, 6.45) is 5.65. The zero-order valence-corrected chi connectivity index (χ0v) is 11.0. The van der Waals surface area contributed by atoms with Gasteiger partial charge in [0.25, 0.3) is 0 Å². The van der Waals surface area contributed by atoms with Crippen LogP contribution in [0, 0.1) is 17.8 Å². The molecule has 0 spiro atoms. The second-order valence-electron chi connectivity index (χ2n) is 5.89. The molecule has 0 aliphatic heterocycles. The Morgan fingerprint density at radius 2 is 2.26 bits per heavy atom. The maximum absolute atomic E-state index is 10.8. The minimum absolute atomic E-state index is 0.124. The molecule has 0 amide bonds. The van der Waals surface area contributed by atoms with Gasteiger partial charge in [-0.2, -0.15) is 0 Å². The van der Waals surface area contributed by atoms with Gasteiger partial charge < -0.3 is 10.4 Å². The number of fused-ring (bicyclic) bond motifs is 2. The van der Waals surface area contributed by atoms with Gasteiger partial charge in [-0.05, 0) is 55.7 Å². The van der Waals surface area contributed by atoms with Crippen LogP contribution in [0.2, 0.25) is 0 Å². The highest BCUT2D eigenvalue weighted by Crippen LogP contribution is 2.47. The van der Waals surface area contributed by atoms with Crippen molar-refractivity contribution in [3.63, 3.8) is 0 Å². The van der Waals surface area contributed by atoms with Gasteiger partial charge in [-0.1, -0.05) is 12.5 Å². The third-order valence-electron chi connectivity index (χ3n) is 4.62. The molecule has 2 aliphatic rings. The Morgan fingerprint density at radius 3 is 2.95 bits per heavy atom. The lowest BCUT2D eigenvalue weighted by atomic mass is 9.89. The molecule has 3 atom stereocenters. The van der Waals surface area contributed by atoms with Crippen LogP contribution in [0.5, 0.6) is 0 Å². The van der Waals surface area contributed by atoms with Gasteiger partial charge in [-0.15, -0.1) is 0 Å². The lowest BCUT2D eigenvalue weighted by Crippen LogP contribution is -2.26. The number of aromatic carboxylic acids is 1. The molecule has 3 unspecified atom stereocenters. The average molecular weight is 260 g/mol. The molecule has 1 heterocycles. The molecule has 2 bridgehead atoms. The summed E-state index contributed by atoms with van der Waals surface area (Å²) in [7, 11) is 0. The Kier molecular flexibility index (Phi) is 3.51. The highest BCUT2D eigenvalue weighted by Gasteiger charge is 2.38. The third kappa shape index (κ3) is 2.78. The summed E-state index contributed by atoms with van der Waals surface area (Å²) >= 11 is 0. The Balaban J connectivity index is 1.50. The smallest absolute Gasteiger partial charge is 0.354 e. The zero-order chi connectivity index (χ0) is 13.2. The van der Waals surface area contributed by atoms with Crippen molar-refractivity contribution in [2.75, 3.05) is 6.54 Å². The van der Waals surface area contributed by atoms with E-state index in [0.717, 1.165) is 30.0 Å². The van der Waals surface area contributed by atoms with Gasteiger partial charge in [0.2, 0.25) is 0 Å². The molecule has 0 aromatic carbocycles. The first kappa shape index (κ1) is 12.6. The maximum atomic E-state index is 10.8. The molecule has 1 aromatic rings. The van der Waals surface area contributed by atoms with Crippen molar-refractivity contribution in [2.45, 2.75) is 32.2 Å². The topological polar surface area (TPSA) is 62.2 Å². The van der Waals surface area contributed by atoms with Crippen molar-refractivity contribution < 1.29 is 9.90 Å². The van der Waals surface area contributed by atoms with Crippen molar-refractivity contribution >= 4 is 5.97 Å². The molecule has 4 heteroatoms. The lowest BCUT2D eigenvalue weighted by molar-refractivity contribution is 0.0690. The van der Waals surface area contributed by atoms with Crippen molar-refractivity contribution in [3.05, 3.63) is 29.6 Å². The SMILES string of the molecule is O=C(O)c1cccc(CNCC2CC3CCC2C3)n1. The number of carbonyl (C=O) groups is 1. The maximum Gasteiger partial charge on any atom is 0.354 e. The molecule has 4 nitrogen and oxygen atoms in total. The summed E-state index contributed by atoms with van der Waals surface area (Å²) in [6.45, 7) is 1.70. The van der Waals surface area contributed by atoms with Gasteiger partial charge in [-0.25, -0.2) is 9.78 Å². The van der Waals surface area contributed by atoms with E-state index in [2.05, 4.69) is 10.3 Å². The van der Waals surface area contributed by atoms with Crippen LogP contribution in [0.15, 0.2) is 18.2 Å². The van der Waals surface area contributed by atoms with E-state index in [-0.39, 0.29) is 5.69 Å². The standard InChI is InChI=1S/C15H20N2O2/c18-15(19)14-3-1-2-13(17-14)9-16-8-12-7-10-4-5-11(12)6-10/h1-3,10-12,16H,4-9H2,(H,18,19). The van der Waals surface area contributed by atoms with Crippen molar-refractivity contribution in [2.24, 2.45) is 17.8 Å². The van der Waals surface area contributed by atoms with Gasteiger partial charge in [0.15, 0.2) is 0 Å². The normalized spacial score (nSPS) is 28.7. The predicted octanol–water partition coefficient (Wildman–Crippen LogP) is 2.31. The first-order valence-corrected chi connectivity index (χ1v) is 7.12. The van der Waals surface area contributed by atoms with Crippen molar-refractivity contribution in [3.8, 4) is 0 Å². The predicted molar refractivity (Wildman–Crippen MR) is 71.8 cm³/mol. The third-order valence-corrected chi connectivity index (χ3v) is 4.62. The lowest BCUT2D eigenvalue weighted by Gasteiger charge is -2.21. The minimum Gasteiger partial charge on any atom is -0.477 e. The van der Waals surface area contributed by atoms with Gasteiger partial charge >= 0.3 is 5.97 Å². The van der Waals surface area contributed by atoms with Gasteiger partial charge in [0.05, 0.1) is 5.69 Å². The number of pyridine rings is 1. The minimum atomic E-state index is -0.963. The number of nitrogens with one attached hydrogen (secondary N) is 1. The van der Waals surface area contributed by atoms with Crippen LogP contribution in [0.1, 0.15) is 41.9 Å². The number of hydrogen-bond acceptors (Lipinski definition) is 3. The Hall–Kier alpha value is -1.42. The number of aromatic nitrogens is 1. The average Bonchev–Trinajstić information content (AvgIpc) is 3.01. The van der Waals surface area contributed by atoms with Crippen LogP contribution in [-0.4, -0.2) is 22.6 Å². The molecule has 2 fully saturated rings. The highest BCUT2D eigenvalue weighted by molar-refractivity contribution is 5.85. The van der Waals surface area contributed by atoms with Crippen LogP contribution >= 0.6 is 0 Å². The summed E-state index contributed by atoms with van der Waals surface area (Å²) in [5.74, 6) is 1.76. The van der Waals surface area contributed by atoms with Crippen LogP contribution in [0.3, 0.4) is 0 Å². The highest BCUT2D eigenvalue weighted by atomic mass is 16.4. The fourth-order valence-electron chi connectivity index (χ4n) is 3.71. The zero-order valence-electron chi connectivity index (χ0n) is 11.0. The van der Waals surface area contributed by atoms with Crippen molar-refractivity contribution in [1.82, 2.24) is 10.3 Å². The van der Waals surface area contributed by atoms with Crippen LogP contribution in [0.4, 0.5) is 0 Å². The number of hydrogen-bond donors (Lipinski definition) is 2. The van der Waals surface area contributed by atoms with E-state index in [1.54, 1.807) is 6.07 Å². The second-order valence-corrected chi connectivity index (χ2v) is 5.89.